The Balaban J connectivity index is 2.53. The van der Waals surface area contributed by atoms with E-state index >= 15 is 26.3 Å². The van der Waals surface area contributed by atoms with Crippen LogP contribution < -0.4 is 16.4 Å². The Morgan fingerprint density at radius 1 is 0.409 bits per heavy atom. The standard InChI is InChI=1S/C27H9BF15N/c1-7-4-3-5-8(2)27(7)44-6-28(9-12(29)18(35)24(41)19(36)13(9)30,10-14(31)20(37)25(42)21(38)15(10)32)11-16(33)22(39)26(43)23(40)17(11)34/h3-5H,1-2H3. The molecule has 0 saturated carbocycles. The molecule has 0 aliphatic heterocycles. The summed E-state index contributed by atoms with van der Waals surface area (Å²) in [6.07, 6.45) is -5.99. The average Bonchev–Trinajstić information content (AvgIpc) is 2.98. The maximum atomic E-state index is 15.4. The van der Waals surface area contributed by atoms with Gasteiger partial charge in [0.25, 0.3) is 6.15 Å². The van der Waals surface area contributed by atoms with Crippen LogP contribution in [0.15, 0.2) is 18.2 Å². The molecule has 0 saturated heterocycles. The summed E-state index contributed by atoms with van der Waals surface area (Å²) in [6, 6.07) is 3.79. The van der Waals surface area contributed by atoms with Crippen molar-refractivity contribution in [3.63, 3.8) is 0 Å². The van der Waals surface area contributed by atoms with Crippen LogP contribution in [-0.4, -0.2) is 6.15 Å². The number of hydrogen-bond acceptors (Lipinski definition) is 0. The van der Waals surface area contributed by atoms with Crippen molar-refractivity contribution in [1.29, 1.82) is 0 Å². The van der Waals surface area contributed by atoms with Gasteiger partial charge in [0, 0.05) is 11.1 Å². The number of rotatable bonds is 3. The molecule has 1 nitrogen and oxygen atoms in total. The van der Waals surface area contributed by atoms with Crippen LogP contribution in [0.3, 0.4) is 0 Å². The third-order valence-corrected chi connectivity index (χ3v) is 6.84. The van der Waals surface area contributed by atoms with E-state index in [-0.39, 0.29) is 11.1 Å². The quantitative estimate of drug-likeness (QED) is 0.0976. The molecule has 0 spiro atoms. The van der Waals surface area contributed by atoms with Gasteiger partial charge >= 0.3 is 5.69 Å². The van der Waals surface area contributed by atoms with Crippen molar-refractivity contribution in [3.8, 4) is 5.97 Å². The molecule has 0 fully saturated rings. The van der Waals surface area contributed by atoms with Gasteiger partial charge in [-0.05, 0) is 13.8 Å². The molecule has 4 aromatic rings. The van der Waals surface area contributed by atoms with Crippen LogP contribution in [-0.2, 0) is 0 Å². The molecule has 0 N–H and O–H groups in total. The molecule has 0 amide bonds. The summed E-state index contributed by atoms with van der Waals surface area (Å²) in [6.45, 7) is 2.44. The number of nitrogens with zero attached hydrogens (tertiary/aromatic N) is 1. The highest BCUT2D eigenvalue weighted by atomic mass is 19.2. The number of halogens is 15. The van der Waals surface area contributed by atoms with Gasteiger partial charge in [-0.25, -0.2) is 65.9 Å². The fourth-order valence-corrected chi connectivity index (χ4v) is 4.78. The van der Waals surface area contributed by atoms with E-state index in [4.69, 9.17) is 0 Å². The van der Waals surface area contributed by atoms with Gasteiger partial charge in [0.15, 0.2) is 52.4 Å². The summed E-state index contributed by atoms with van der Waals surface area (Å²) in [5, 5.41) is 0. The highest BCUT2D eigenvalue weighted by Crippen LogP contribution is 2.29. The molecule has 0 radical (unpaired) electrons. The molecule has 230 valence electrons. The van der Waals surface area contributed by atoms with E-state index in [2.05, 4.69) is 4.85 Å². The van der Waals surface area contributed by atoms with Gasteiger partial charge in [-0.3, -0.25) is 0 Å². The van der Waals surface area contributed by atoms with E-state index in [9.17, 15) is 39.5 Å². The van der Waals surface area contributed by atoms with Crippen LogP contribution in [0, 0.1) is 107 Å². The molecule has 44 heavy (non-hydrogen) atoms. The second-order valence-electron chi connectivity index (χ2n) is 9.30. The van der Waals surface area contributed by atoms with Crippen molar-refractivity contribution in [3.05, 3.63) is 121 Å². The summed E-state index contributed by atoms with van der Waals surface area (Å²) in [5.74, 6) is -45.0. The normalized spacial score (nSPS) is 11.6. The largest absolute Gasteiger partial charge is 0.340 e. The summed E-state index contributed by atoms with van der Waals surface area (Å²) >= 11 is 0. The van der Waals surface area contributed by atoms with Crippen LogP contribution in [0.1, 0.15) is 11.1 Å². The molecule has 0 heterocycles. The Bertz CT molecular complexity index is 1690. The van der Waals surface area contributed by atoms with Crippen molar-refractivity contribution in [2.45, 2.75) is 13.8 Å². The summed E-state index contributed by atoms with van der Waals surface area (Å²) in [4.78, 5) is 3.46. The molecule has 0 aromatic heterocycles. The van der Waals surface area contributed by atoms with Crippen molar-refractivity contribution in [2.24, 2.45) is 0 Å². The lowest BCUT2D eigenvalue weighted by Crippen LogP contribution is -2.72. The van der Waals surface area contributed by atoms with Gasteiger partial charge in [-0.15, -0.1) is 16.4 Å². The predicted molar refractivity (Wildman–Crippen MR) is 126 cm³/mol. The first-order valence-electron chi connectivity index (χ1n) is 11.7. The van der Waals surface area contributed by atoms with Crippen LogP contribution in [0.4, 0.5) is 71.5 Å². The molecule has 0 atom stereocenters. The first-order chi connectivity index (χ1) is 20.4. The van der Waals surface area contributed by atoms with E-state index in [1.165, 1.54) is 38.0 Å². The van der Waals surface area contributed by atoms with Crippen molar-refractivity contribution < 1.29 is 65.9 Å². The average molecular weight is 643 g/mol. The first-order valence-corrected chi connectivity index (χ1v) is 11.7. The van der Waals surface area contributed by atoms with Gasteiger partial charge in [0.1, 0.15) is 34.9 Å². The Morgan fingerprint density at radius 3 is 0.886 bits per heavy atom. The second-order valence-corrected chi connectivity index (χ2v) is 9.30. The van der Waals surface area contributed by atoms with E-state index in [0.717, 1.165) is 0 Å². The van der Waals surface area contributed by atoms with Gasteiger partial charge < -0.3 is 0 Å². The van der Waals surface area contributed by atoms with Gasteiger partial charge in [-0.1, -0.05) is 23.0 Å². The Hall–Kier alpha value is -4.62. The highest BCUT2D eigenvalue weighted by Gasteiger charge is 2.51. The lowest BCUT2D eigenvalue weighted by molar-refractivity contribution is 0.380. The monoisotopic (exact) mass is 643 g/mol. The Labute approximate surface area is 235 Å². The maximum absolute atomic E-state index is 15.4. The lowest BCUT2D eigenvalue weighted by Gasteiger charge is -2.35. The van der Waals surface area contributed by atoms with E-state index < -0.39 is 115 Å². The van der Waals surface area contributed by atoms with Gasteiger partial charge in [-0.2, -0.15) is 0 Å². The maximum Gasteiger partial charge on any atom is 0.340 e. The van der Waals surface area contributed by atoms with Crippen LogP contribution in [0.2, 0.25) is 0 Å². The molecule has 4 aromatic carbocycles. The molecule has 17 heteroatoms. The fraction of sp³-hybridized carbons (Fsp3) is 0.0741. The molecular weight excluding hydrogens is 634 g/mol. The molecule has 0 aliphatic rings. The first kappa shape index (κ1) is 32.3. The minimum Gasteiger partial charge on any atom is -0.207 e. The smallest absolute Gasteiger partial charge is 0.207 e. The molecule has 4 rings (SSSR count). The van der Waals surface area contributed by atoms with Crippen LogP contribution >= 0.6 is 0 Å². The van der Waals surface area contributed by atoms with Crippen LogP contribution in [0.25, 0.3) is 4.85 Å². The summed E-state index contributed by atoms with van der Waals surface area (Å²) in [7, 11) is 0. The third-order valence-electron chi connectivity index (χ3n) is 6.84. The number of hydrogen-bond donors (Lipinski definition) is 0. The van der Waals surface area contributed by atoms with Crippen molar-refractivity contribution in [1.82, 2.24) is 0 Å². The van der Waals surface area contributed by atoms with Gasteiger partial charge in [0.05, 0.1) is 5.97 Å². The Morgan fingerprint density at radius 2 is 0.636 bits per heavy atom. The van der Waals surface area contributed by atoms with Crippen molar-refractivity contribution in [2.75, 3.05) is 0 Å². The zero-order valence-electron chi connectivity index (χ0n) is 21.4. The molecular formula is C27H9BF15N. The number of aryl methyl sites for hydroxylation is 2. The fourth-order valence-electron chi connectivity index (χ4n) is 4.78. The molecule has 0 unspecified atom stereocenters. The zero-order chi connectivity index (χ0) is 33.2. The number of para-hydroxylation sites is 1. The third kappa shape index (κ3) is 4.46. The van der Waals surface area contributed by atoms with E-state index in [1.807, 2.05) is 0 Å². The Kier molecular flexibility index (Phi) is 8.18. The lowest BCUT2D eigenvalue weighted by atomic mass is 9.16. The second kappa shape index (κ2) is 11.1. The topological polar surface area (TPSA) is 4.36 Å². The molecule has 0 aliphatic carbocycles. The van der Waals surface area contributed by atoms with E-state index in [0.29, 0.717) is 0 Å². The van der Waals surface area contributed by atoms with Crippen molar-refractivity contribution >= 4 is 28.2 Å². The van der Waals surface area contributed by atoms with Crippen LogP contribution in [0.5, 0.6) is 0 Å². The summed E-state index contributed by atoms with van der Waals surface area (Å²) < 4.78 is 222. The minimum absolute atomic E-state index is 0.00515. The van der Waals surface area contributed by atoms with Gasteiger partial charge in [0.2, 0.25) is 0 Å². The zero-order valence-corrected chi connectivity index (χ0v) is 21.4. The molecule has 0 bridgehead atoms. The summed E-state index contributed by atoms with van der Waals surface area (Å²) in [5.41, 5.74) is -8.91. The SMILES string of the molecule is Cc1cccc(C)c1[N+]#C[B-](c1c(F)c(F)c(F)c(F)c1F)(c1c(F)c(F)c(F)c(F)c1F)c1c(F)c(F)c(F)c(F)c1F. The predicted octanol–water partition coefficient (Wildman–Crippen LogP) is 7.06. The minimum atomic E-state index is -5.99. The van der Waals surface area contributed by atoms with E-state index in [1.54, 1.807) is 0 Å². The highest BCUT2D eigenvalue weighted by molar-refractivity contribution is 7.17. The number of benzene rings is 4.